The first kappa shape index (κ1) is 63.0. The highest BCUT2D eigenvalue weighted by atomic mass is 16.5. The Morgan fingerprint density at radius 3 is 1.48 bits per heavy atom. The lowest BCUT2D eigenvalue weighted by Crippen LogP contribution is -2.38. The number of unbranched alkanes of at least 4 members (excludes halogenated alkanes) is 18. The van der Waals surface area contributed by atoms with Crippen molar-refractivity contribution in [2.45, 2.75) is 256 Å². The smallest absolute Gasteiger partial charge is 0.323 e. The Hall–Kier alpha value is -1.60. The molecule has 0 spiro atoms. The van der Waals surface area contributed by atoms with Crippen LogP contribution in [0.15, 0.2) is 12.3 Å². The number of likely N-dealkylation sites (tertiary alicyclic amines) is 1. The van der Waals surface area contributed by atoms with E-state index >= 15 is 0 Å². The largest absolute Gasteiger partial charge is 0.499 e. The summed E-state index contributed by atoms with van der Waals surface area (Å²) in [5.41, 5.74) is 0. The van der Waals surface area contributed by atoms with E-state index in [2.05, 4.69) is 53.0 Å². The fourth-order valence-corrected chi connectivity index (χ4v) is 6.67. The number of ether oxygens (including phenoxy) is 3. The number of hydrogen-bond donors (Lipinski definition) is 1. The van der Waals surface area contributed by atoms with Gasteiger partial charge in [-0.05, 0) is 83.6 Å². The van der Waals surface area contributed by atoms with Crippen molar-refractivity contribution in [3.63, 3.8) is 0 Å². The van der Waals surface area contributed by atoms with Gasteiger partial charge in [-0.1, -0.05) is 185 Å². The van der Waals surface area contributed by atoms with Crippen molar-refractivity contribution in [3.05, 3.63) is 12.3 Å². The topological polar surface area (TPSA) is 85.3 Å². The summed E-state index contributed by atoms with van der Waals surface area (Å²) in [7, 11) is 0. The Morgan fingerprint density at radius 1 is 0.586 bits per heavy atom. The monoisotopic (exact) mass is 828 g/mol. The van der Waals surface area contributed by atoms with Gasteiger partial charge in [-0.25, -0.2) is 0 Å². The van der Waals surface area contributed by atoms with Crippen molar-refractivity contribution < 1.29 is 28.9 Å². The van der Waals surface area contributed by atoms with E-state index in [1.165, 1.54) is 83.5 Å². The fraction of sp³-hybridized carbons (Fsp3) is 0.922. The molecule has 1 N–H and O–H groups in total. The van der Waals surface area contributed by atoms with E-state index in [1.807, 2.05) is 34.6 Å². The number of carbonyl (C=O) groups excluding carboxylic acids is 2. The molecule has 0 aromatic heterocycles. The van der Waals surface area contributed by atoms with Gasteiger partial charge in [-0.3, -0.25) is 14.5 Å². The number of hydrogen-bond acceptors (Lipinski definition) is 7. The summed E-state index contributed by atoms with van der Waals surface area (Å²) in [5, 5.41) is 8.29. The average molecular weight is 828 g/mol. The van der Waals surface area contributed by atoms with E-state index in [1.54, 1.807) is 0 Å². The second-order valence-corrected chi connectivity index (χ2v) is 16.0. The molecule has 0 radical (unpaired) electrons. The zero-order valence-corrected chi connectivity index (χ0v) is 41.2. The van der Waals surface area contributed by atoms with E-state index in [4.69, 9.17) is 19.3 Å². The molecule has 350 valence electrons. The number of nitrogens with zero attached hydrogens (tertiary/aromatic N) is 1. The summed E-state index contributed by atoms with van der Waals surface area (Å²) in [6, 6.07) is -0.0904. The van der Waals surface area contributed by atoms with Gasteiger partial charge < -0.3 is 19.3 Å². The molecule has 7 heteroatoms. The van der Waals surface area contributed by atoms with Gasteiger partial charge in [0.15, 0.2) is 0 Å². The Kier molecular flexibility index (Phi) is 58.1. The summed E-state index contributed by atoms with van der Waals surface area (Å²) < 4.78 is 16.8. The Balaban J connectivity index is -0.000000830. The van der Waals surface area contributed by atoms with Gasteiger partial charge in [0, 0.05) is 13.2 Å². The van der Waals surface area contributed by atoms with E-state index in [0.717, 1.165) is 115 Å². The van der Waals surface area contributed by atoms with Crippen molar-refractivity contribution in [3.8, 4) is 0 Å². The summed E-state index contributed by atoms with van der Waals surface area (Å²) in [6.07, 6.45) is 30.7. The van der Waals surface area contributed by atoms with Crippen LogP contribution in [0.3, 0.4) is 0 Å². The van der Waals surface area contributed by atoms with E-state index < -0.39 is 0 Å². The van der Waals surface area contributed by atoms with Gasteiger partial charge in [-0.15, -0.1) is 0 Å². The van der Waals surface area contributed by atoms with Crippen LogP contribution in [-0.4, -0.2) is 67.5 Å². The molecule has 7 nitrogen and oxygen atoms in total. The molecule has 0 bridgehead atoms. The molecule has 0 aromatic carbocycles. The lowest BCUT2D eigenvalue weighted by Gasteiger charge is -2.23. The predicted octanol–water partition coefficient (Wildman–Crippen LogP) is 15.2. The van der Waals surface area contributed by atoms with Crippen LogP contribution in [0.2, 0.25) is 0 Å². The minimum Gasteiger partial charge on any atom is -0.499 e. The minimum atomic E-state index is -0.0904. The molecule has 1 fully saturated rings. The molecule has 0 amide bonds. The number of aliphatic hydroxyl groups is 1. The zero-order chi connectivity index (χ0) is 44.5. The van der Waals surface area contributed by atoms with Gasteiger partial charge in [0.2, 0.25) is 0 Å². The number of rotatable bonds is 34. The second kappa shape index (κ2) is 53.4. The lowest BCUT2D eigenvalue weighted by molar-refractivity contribution is -0.150. The molecule has 0 aromatic rings. The van der Waals surface area contributed by atoms with Crippen LogP contribution in [0.5, 0.6) is 0 Å². The van der Waals surface area contributed by atoms with Crippen LogP contribution >= 0.6 is 0 Å². The molecule has 1 heterocycles. The van der Waals surface area contributed by atoms with Gasteiger partial charge in [0.1, 0.15) is 6.04 Å². The maximum atomic E-state index is 12.8. The molecule has 58 heavy (non-hydrogen) atoms. The van der Waals surface area contributed by atoms with Gasteiger partial charge in [0.05, 0.1) is 31.5 Å². The first-order chi connectivity index (χ1) is 28.2. The SMILES string of the molecule is C=C(C)OCCCCCCN1CC(C)CC1C(=O)OCCCCCCOC(=O)C(CCCCCC)CCCCCCCC.CC.CC.CCCC.CCCCCCO. The fourth-order valence-electron chi connectivity index (χ4n) is 6.67. The number of carbonyl (C=O) groups is 2. The van der Waals surface area contributed by atoms with Gasteiger partial charge in [0.25, 0.3) is 0 Å². The third-order valence-corrected chi connectivity index (χ3v) is 10.3. The molecule has 1 aliphatic rings. The molecular formula is C51H105NO6. The van der Waals surface area contributed by atoms with Crippen LogP contribution in [0, 0.1) is 11.8 Å². The molecule has 0 aliphatic carbocycles. The number of allylic oxidation sites excluding steroid dienone is 1. The quantitative estimate of drug-likeness (QED) is 0.0393. The standard InChI is InChI=1S/C37H69NO5.C6H14O.C4H10.2C2H6/c1-6-8-10-12-13-19-25-34(24-18-11-9-7-2)36(39)42-28-22-16-17-23-29-43-37(40)35-30-33(5)31-38(35)26-20-14-15-21-27-41-32(3)4;1-2-3-4-5-6-7;1-3-4-2;2*1-2/h33-35H,3,6-31H2,1-2,4-5H3;7H,2-6H2,1H3;3-4H2,1-2H3;2*1-2H3. The first-order valence-electron chi connectivity index (χ1n) is 25.2. The maximum absolute atomic E-state index is 12.8. The van der Waals surface area contributed by atoms with Crippen LogP contribution in [0.25, 0.3) is 0 Å². The van der Waals surface area contributed by atoms with Crippen LogP contribution in [-0.2, 0) is 23.8 Å². The molecule has 3 unspecified atom stereocenters. The lowest BCUT2D eigenvalue weighted by atomic mass is 9.94. The maximum Gasteiger partial charge on any atom is 0.323 e. The normalized spacial score (nSPS) is 14.9. The van der Waals surface area contributed by atoms with Gasteiger partial charge in [-0.2, -0.15) is 0 Å². The minimum absolute atomic E-state index is 0.0196. The Morgan fingerprint density at radius 2 is 1.00 bits per heavy atom. The molecule has 0 saturated carbocycles. The third-order valence-electron chi connectivity index (χ3n) is 10.3. The first-order valence-corrected chi connectivity index (χ1v) is 25.2. The number of aliphatic hydroxyl groups excluding tert-OH is 1. The Bertz CT molecular complexity index is 815. The highest BCUT2D eigenvalue weighted by Gasteiger charge is 2.35. The zero-order valence-electron chi connectivity index (χ0n) is 41.2. The molecule has 1 saturated heterocycles. The predicted molar refractivity (Wildman–Crippen MR) is 254 cm³/mol. The summed E-state index contributed by atoms with van der Waals surface area (Å²) in [6.45, 7) is 30.9. The van der Waals surface area contributed by atoms with Crippen molar-refractivity contribution in [2.24, 2.45) is 11.8 Å². The van der Waals surface area contributed by atoms with Crippen LogP contribution in [0.1, 0.15) is 250 Å². The number of esters is 2. The van der Waals surface area contributed by atoms with Crippen LogP contribution in [0.4, 0.5) is 0 Å². The average Bonchev–Trinajstić information content (AvgIpc) is 3.62. The van der Waals surface area contributed by atoms with Gasteiger partial charge >= 0.3 is 11.9 Å². The third kappa shape index (κ3) is 45.5. The molecule has 3 atom stereocenters. The van der Waals surface area contributed by atoms with E-state index in [9.17, 15) is 9.59 Å². The van der Waals surface area contributed by atoms with Crippen LogP contribution < -0.4 is 0 Å². The molecular weight excluding hydrogens is 723 g/mol. The van der Waals surface area contributed by atoms with Crippen molar-refractivity contribution in [1.82, 2.24) is 4.90 Å². The van der Waals surface area contributed by atoms with E-state index in [0.29, 0.717) is 25.7 Å². The Labute approximate surface area is 364 Å². The van der Waals surface area contributed by atoms with E-state index in [-0.39, 0.29) is 23.9 Å². The molecule has 1 rings (SSSR count). The second-order valence-electron chi connectivity index (χ2n) is 16.0. The highest BCUT2D eigenvalue weighted by molar-refractivity contribution is 5.76. The molecule has 1 aliphatic heterocycles. The van der Waals surface area contributed by atoms with Crippen molar-refractivity contribution in [2.75, 3.05) is 39.5 Å². The van der Waals surface area contributed by atoms with Crippen molar-refractivity contribution in [1.29, 1.82) is 0 Å². The van der Waals surface area contributed by atoms with Crippen molar-refractivity contribution >= 4 is 11.9 Å². The summed E-state index contributed by atoms with van der Waals surface area (Å²) in [5.74, 6) is 1.35. The summed E-state index contributed by atoms with van der Waals surface area (Å²) >= 11 is 0. The summed E-state index contributed by atoms with van der Waals surface area (Å²) in [4.78, 5) is 28.0. The highest BCUT2D eigenvalue weighted by Crippen LogP contribution is 2.25.